The Morgan fingerprint density at radius 3 is 1.00 bits per heavy atom. The van der Waals surface area contributed by atoms with E-state index in [1.807, 2.05) is 0 Å². The van der Waals surface area contributed by atoms with E-state index in [1.54, 1.807) is 6.17 Å². The van der Waals surface area contributed by atoms with Crippen LogP contribution >= 0.6 is 0 Å². The second kappa shape index (κ2) is 4.18. The molecule has 0 nitrogen and oxygen atoms in total. The van der Waals surface area contributed by atoms with Gasteiger partial charge in [0.05, 0.1) is 6.17 Å². The molecule has 0 N–H and O–H groups in total. The van der Waals surface area contributed by atoms with Crippen molar-refractivity contribution in [3.05, 3.63) is 0 Å². The van der Waals surface area contributed by atoms with Crippen LogP contribution in [0.25, 0.3) is 0 Å². The molecule has 0 aromatic carbocycles. The van der Waals surface area contributed by atoms with Crippen molar-refractivity contribution in [2.45, 2.75) is 77.4 Å². The molecule has 0 aromatic rings. The third-order valence-electron chi connectivity index (χ3n) is 3.61. The fourth-order valence-electron chi connectivity index (χ4n) is 4.01. The molecule has 0 heterocycles. The van der Waals surface area contributed by atoms with E-state index < -0.39 is 8.07 Å². The van der Waals surface area contributed by atoms with Crippen molar-refractivity contribution in [1.29, 1.82) is 0 Å². The summed E-state index contributed by atoms with van der Waals surface area (Å²) in [7, 11) is -2.14. The molecule has 0 aliphatic heterocycles. The van der Waals surface area contributed by atoms with Crippen LogP contribution < -0.4 is 0 Å². The first-order valence-corrected chi connectivity index (χ1v) is 7.94. The van der Waals surface area contributed by atoms with Crippen molar-refractivity contribution < 1.29 is 4.39 Å². The largest absolute Gasteiger partial charge is 0.157 e. The molecule has 0 bridgehead atoms. The highest BCUT2D eigenvalue weighted by molar-refractivity contribution is 6.94. The predicted octanol–water partition coefficient (Wildman–Crippen LogP) is 5.31. The van der Waals surface area contributed by atoms with E-state index in [4.69, 9.17) is 0 Å². The average Bonchev–Trinajstić information content (AvgIpc) is 1.91. The summed E-state index contributed by atoms with van der Waals surface area (Å²) >= 11 is 0. The molecule has 94 valence electrons. The smallest absolute Gasteiger partial charge is 0.145 e. The lowest BCUT2D eigenvalue weighted by molar-refractivity contribution is 0.548. The molecule has 0 aliphatic carbocycles. The van der Waals surface area contributed by atoms with Crippen molar-refractivity contribution in [1.82, 2.24) is 0 Å². The zero-order valence-corrected chi connectivity index (χ0v) is 13.4. The van der Waals surface area contributed by atoms with Gasteiger partial charge in [-0.1, -0.05) is 67.9 Å². The zero-order chi connectivity index (χ0) is 13.4. The fourth-order valence-corrected chi connectivity index (χ4v) is 12.0. The zero-order valence-electron chi connectivity index (χ0n) is 12.4. The van der Waals surface area contributed by atoms with Gasteiger partial charge in [0.25, 0.3) is 0 Å². The highest BCUT2D eigenvalue weighted by Gasteiger charge is 2.59. The minimum Gasteiger partial charge on any atom is -0.145 e. The molecule has 0 radical (unpaired) electrons. The number of hydrogen-bond donors (Lipinski definition) is 0. The van der Waals surface area contributed by atoms with Gasteiger partial charge in [0.15, 0.2) is 8.07 Å². The van der Waals surface area contributed by atoms with Gasteiger partial charge in [-0.2, -0.15) is 0 Å². The molecule has 0 saturated carbocycles. The van der Waals surface area contributed by atoms with E-state index in [1.165, 1.54) is 0 Å². The summed E-state index contributed by atoms with van der Waals surface area (Å²) in [4.78, 5) is 0. The van der Waals surface area contributed by atoms with Gasteiger partial charge in [-0.25, -0.2) is 0 Å². The maximum atomic E-state index is 12.8. The van der Waals surface area contributed by atoms with Crippen LogP contribution in [0.1, 0.15) is 62.3 Å². The van der Waals surface area contributed by atoms with E-state index in [-0.39, 0.29) is 15.1 Å². The van der Waals surface area contributed by atoms with Crippen molar-refractivity contribution in [2.24, 2.45) is 0 Å². The Kier molecular flexibility index (Phi) is 4.10. The third-order valence-corrected chi connectivity index (χ3v) is 10.8. The summed E-state index contributed by atoms with van der Waals surface area (Å²) in [5, 5.41) is 0.174. The van der Waals surface area contributed by atoms with Gasteiger partial charge in [0, 0.05) is 0 Å². The van der Waals surface area contributed by atoms with Crippen LogP contribution in [0.4, 0.5) is 4.39 Å². The third kappa shape index (κ3) is 2.35. The number of rotatable bonds is 0. The van der Waals surface area contributed by atoms with Gasteiger partial charge in [-0.3, -0.25) is 0 Å². The molecule has 16 heavy (non-hydrogen) atoms. The fraction of sp³-hybridized carbons (Fsp3) is 0.857. The summed E-state index contributed by atoms with van der Waals surface area (Å²) in [5.74, 6) is 0. The summed E-state index contributed by atoms with van der Waals surface area (Å²) < 4.78 is 12.8. The van der Waals surface area contributed by atoms with Gasteiger partial charge >= 0.3 is 0 Å². The first kappa shape index (κ1) is 15.7. The normalized spacial score (nSPS) is 14.4. The Balaban J connectivity index is 6.12. The first-order chi connectivity index (χ1) is 6.81. The Morgan fingerprint density at radius 1 is 0.688 bits per heavy atom. The summed E-state index contributed by atoms with van der Waals surface area (Å²) in [5.41, 5.74) is 3.04. The molecule has 2 heteroatoms. The molecule has 0 spiro atoms. The molecule has 0 fully saturated rings. The number of hydrogen-bond acceptors (Lipinski definition) is 0. The van der Waals surface area contributed by atoms with Crippen LogP contribution in [0, 0.1) is 11.7 Å². The topological polar surface area (TPSA) is 0 Å². The number of halogens is 1. The highest BCUT2D eigenvalue weighted by atomic mass is 28.3. The van der Waals surface area contributed by atoms with E-state index in [0.717, 1.165) is 0 Å². The van der Waals surface area contributed by atoms with Gasteiger partial charge in [-0.05, 0) is 15.1 Å². The van der Waals surface area contributed by atoms with Crippen LogP contribution in [0.2, 0.25) is 15.1 Å². The first-order valence-electron chi connectivity index (χ1n) is 5.94. The molecule has 0 aromatic heterocycles. The molecule has 0 saturated heterocycles. The van der Waals surface area contributed by atoms with Crippen LogP contribution in [-0.2, 0) is 0 Å². The van der Waals surface area contributed by atoms with E-state index in [2.05, 4.69) is 67.9 Å². The van der Waals surface area contributed by atoms with Crippen LogP contribution in [0.15, 0.2) is 0 Å². The van der Waals surface area contributed by atoms with Crippen molar-refractivity contribution in [3.8, 4) is 11.7 Å². The van der Waals surface area contributed by atoms with Gasteiger partial charge in [0.2, 0.25) is 0 Å². The Bertz CT molecular complexity index is 263. The molecule has 0 unspecified atom stereocenters. The van der Waals surface area contributed by atoms with Crippen LogP contribution in [0.5, 0.6) is 0 Å². The monoisotopic (exact) mass is 242 g/mol. The maximum Gasteiger partial charge on any atom is 0.157 e. The van der Waals surface area contributed by atoms with E-state index in [9.17, 15) is 4.39 Å². The van der Waals surface area contributed by atoms with E-state index >= 15 is 0 Å². The Morgan fingerprint density at radius 2 is 0.938 bits per heavy atom. The molecular weight excluding hydrogens is 215 g/mol. The van der Waals surface area contributed by atoms with Crippen molar-refractivity contribution in [3.63, 3.8) is 0 Å². The molecule has 0 aliphatic rings. The summed E-state index contributed by atoms with van der Waals surface area (Å²) in [6.45, 7) is 19.9. The highest BCUT2D eigenvalue weighted by Crippen LogP contribution is 2.61. The minimum absolute atomic E-state index is 0.0581. The second-order valence-corrected chi connectivity index (χ2v) is 14.0. The summed E-state index contributed by atoms with van der Waals surface area (Å²) in [6.07, 6.45) is 1.74. The Labute approximate surface area is 102 Å². The predicted molar refractivity (Wildman–Crippen MR) is 73.8 cm³/mol. The van der Waals surface area contributed by atoms with E-state index in [0.29, 0.717) is 0 Å². The molecule has 0 rings (SSSR count). The lowest BCUT2D eigenvalue weighted by Crippen LogP contribution is -2.57. The lowest BCUT2D eigenvalue weighted by Gasteiger charge is -2.55. The molecule has 0 amide bonds. The quantitative estimate of drug-likeness (QED) is 0.399. The van der Waals surface area contributed by atoms with Crippen molar-refractivity contribution in [2.75, 3.05) is 0 Å². The minimum atomic E-state index is -2.14. The van der Waals surface area contributed by atoms with Crippen LogP contribution in [0.3, 0.4) is 0 Å². The second-order valence-electron chi connectivity index (χ2n) is 7.72. The maximum absolute atomic E-state index is 12.8. The molecule has 0 atom stereocenters. The average molecular weight is 242 g/mol. The van der Waals surface area contributed by atoms with Gasteiger partial charge in [0.1, 0.15) is 0 Å². The molecular formula is C14H27FSi. The van der Waals surface area contributed by atoms with Gasteiger partial charge < -0.3 is 0 Å². The summed E-state index contributed by atoms with van der Waals surface area (Å²) in [6, 6.07) is 0. The SMILES string of the molecule is CC(C)(C)[Si](C#CF)(C(C)(C)C)C(C)(C)C. The van der Waals surface area contributed by atoms with Crippen molar-refractivity contribution >= 4 is 8.07 Å². The van der Waals surface area contributed by atoms with Gasteiger partial charge in [-0.15, -0.1) is 4.39 Å². The van der Waals surface area contributed by atoms with Crippen LogP contribution in [-0.4, -0.2) is 8.07 Å². The lowest BCUT2D eigenvalue weighted by atomic mass is 10.2. The standard InChI is InChI=1S/C14H27FSi/c1-12(2,3)16(11-10-15,13(4,5)6)14(7,8)9/h1-9H3. The Hall–Kier alpha value is -0.293.